The quantitative estimate of drug-likeness (QED) is 0.780. The van der Waals surface area contributed by atoms with Crippen molar-refractivity contribution in [2.75, 3.05) is 0 Å². The van der Waals surface area contributed by atoms with E-state index in [1.54, 1.807) is 0 Å². The first kappa shape index (κ1) is 12.1. The van der Waals surface area contributed by atoms with Crippen LogP contribution in [0.2, 0.25) is 5.02 Å². The van der Waals surface area contributed by atoms with Crippen LogP contribution >= 0.6 is 11.6 Å². The number of nitrogens with two attached hydrogens (primary N) is 1. The second-order valence-corrected chi connectivity index (χ2v) is 3.43. The van der Waals surface area contributed by atoms with Crippen molar-refractivity contribution in [2.24, 2.45) is 5.73 Å². The molecule has 5 heteroatoms. The molecular formula is C10H9ClF3N. The summed E-state index contributed by atoms with van der Waals surface area (Å²) in [6, 6.07) is 2.65. The van der Waals surface area contributed by atoms with Gasteiger partial charge in [-0.1, -0.05) is 23.7 Å². The summed E-state index contributed by atoms with van der Waals surface area (Å²) in [5, 5.41) is 0.0299. The molecule has 2 N–H and O–H groups in total. The fourth-order valence-electron chi connectivity index (χ4n) is 1.19. The van der Waals surface area contributed by atoms with Crippen LogP contribution in [0.3, 0.4) is 0 Å². The van der Waals surface area contributed by atoms with Crippen molar-refractivity contribution in [3.05, 3.63) is 47.0 Å². The van der Waals surface area contributed by atoms with Gasteiger partial charge in [0.25, 0.3) is 0 Å². The van der Waals surface area contributed by atoms with Crippen LogP contribution in [0.1, 0.15) is 17.2 Å². The monoisotopic (exact) mass is 235 g/mol. The molecule has 0 saturated carbocycles. The molecule has 0 fully saturated rings. The highest BCUT2D eigenvalue weighted by atomic mass is 35.5. The molecule has 1 aromatic carbocycles. The summed E-state index contributed by atoms with van der Waals surface area (Å²) in [4.78, 5) is 0. The molecule has 0 aromatic heterocycles. The van der Waals surface area contributed by atoms with Gasteiger partial charge in [-0.25, -0.2) is 0 Å². The lowest BCUT2D eigenvalue weighted by atomic mass is 10.0. The molecule has 1 aromatic rings. The molecule has 0 bridgehead atoms. The van der Waals surface area contributed by atoms with Crippen molar-refractivity contribution >= 4 is 11.6 Å². The van der Waals surface area contributed by atoms with E-state index in [9.17, 15) is 13.2 Å². The maximum Gasteiger partial charge on any atom is 0.416 e. The summed E-state index contributed by atoms with van der Waals surface area (Å²) in [7, 11) is 0. The fourth-order valence-corrected chi connectivity index (χ4v) is 1.36. The van der Waals surface area contributed by atoms with Crippen LogP contribution in [0.4, 0.5) is 13.2 Å². The summed E-state index contributed by atoms with van der Waals surface area (Å²) in [5.74, 6) is 0. The number of halogens is 4. The molecule has 0 spiro atoms. The molecule has 0 aliphatic heterocycles. The van der Waals surface area contributed by atoms with Gasteiger partial charge in [0.2, 0.25) is 0 Å². The van der Waals surface area contributed by atoms with Crippen LogP contribution in [0.5, 0.6) is 0 Å². The molecule has 1 rings (SSSR count). The minimum atomic E-state index is -4.46. The molecular weight excluding hydrogens is 227 g/mol. The molecule has 0 amide bonds. The van der Waals surface area contributed by atoms with Crippen molar-refractivity contribution in [3.8, 4) is 0 Å². The lowest BCUT2D eigenvalue weighted by molar-refractivity contribution is -0.138. The van der Waals surface area contributed by atoms with Gasteiger partial charge in [0.15, 0.2) is 0 Å². The number of benzene rings is 1. The van der Waals surface area contributed by atoms with Gasteiger partial charge in [-0.05, 0) is 17.7 Å². The average Bonchev–Trinajstić information content (AvgIpc) is 2.15. The lowest BCUT2D eigenvalue weighted by Gasteiger charge is -2.15. The first-order chi connectivity index (χ1) is 6.86. The molecule has 1 nitrogen and oxygen atoms in total. The maximum absolute atomic E-state index is 12.6. The minimum absolute atomic E-state index is 0.0260. The van der Waals surface area contributed by atoms with Gasteiger partial charge < -0.3 is 5.73 Å². The zero-order chi connectivity index (χ0) is 11.6. The molecule has 1 atom stereocenters. The largest absolute Gasteiger partial charge is 0.416 e. The zero-order valence-corrected chi connectivity index (χ0v) is 8.44. The van der Waals surface area contributed by atoms with Gasteiger partial charge in [0.1, 0.15) is 0 Å². The van der Waals surface area contributed by atoms with Crippen molar-refractivity contribution in [3.63, 3.8) is 0 Å². The molecule has 0 radical (unpaired) electrons. The number of alkyl halides is 3. The smallest absolute Gasteiger partial charge is 0.321 e. The van der Waals surface area contributed by atoms with E-state index in [1.807, 2.05) is 0 Å². The Balaban J connectivity index is 3.33. The topological polar surface area (TPSA) is 26.0 Å². The Morgan fingerprint density at radius 2 is 2.00 bits per heavy atom. The highest BCUT2D eigenvalue weighted by Gasteiger charge is 2.34. The predicted molar refractivity (Wildman–Crippen MR) is 53.6 cm³/mol. The van der Waals surface area contributed by atoms with Crippen LogP contribution < -0.4 is 5.73 Å². The normalized spacial score (nSPS) is 13.7. The Hall–Kier alpha value is -1.00. The van der Waals surface area contributed by atoms with Crippen LogP contribution in [0, 0.1) is 0 Å². The van der Waals surface area contributed by atoms with Crippen molar-refractivity contribution in [1.29, 1.82) is 0 Å². The van der Waals surface area contributed by atoms with Crippen LogP contribution in [-0.4, -0.2) is 0 Å². The predicted octanol–water partition coefficient (Wildman–Crippen LogP) is 3.54. The van der Waals surface area contributed by atoms with Crippen LogP contribution in [-0.2, 0) is 6.18 Å². The summed E-state index contributed by atoms with van der Waals surface area (Å²) >= 11 is 5.50. The summed E-state index contributed by atoms with van der Waals surface area (Å²) in [5.41, 5.74) is 4.64. The van der Waals surface area contributed by atoms with E-state index in [4.69, 9.17) is 17.3 Å². The maximum atomic E-state index is 12.6. The number of hydrogen-bond donors (Lipinski definition) is 1. The standard InChI is InChI=1S/C10H9ClF3N/c1-2-9(15)7-4-3-6(11)5-8(7)10(12,13)14/h2-5,9H,1,15H2/t9-/m0/s1. The van der Waals surface area contributed by atoms with Gasteiger partial charge in [0, 0.05) is 11.1 Å². The summed E-state index contributed by atoms with van der Waals surface area (Å²) in [6.45, 7) is 3.36. The molecule has 0 heterocycles. The lowest BCUT2D eigenvalue weighted by Crippen LogP contribution is -2.15. The summed E-state index contributed by atoms with van der Waals surface area (Å²) in [6.07, 6.45) is -3.21. The second-order valence-electron chi connectivity index (χ2n) is 2.99. The SMILES string of the molecule is C=C[C@H](N)c1ccc(Cl)cc1C(F)(F)F. The molecule has 0 saturated heterocycles. The van der Waals surface area contributed by atoms with Crippen molar-refractivity contribution < 1.29 is 13.2 Å². The third-order valence-electron chi connectivity index (χ3n) is 1.93. The minimum Gasteiger partial charge on any atom is -0.321 e. The molecule has 0 unspecified atom stereocenters. The first-order valence-corrected chi connectivity index (χ1v) is 4.49. The number of rotatable bonds is 2. The Bertz CT molecular complexity index is 373. The number of hydrogen-bond acceptors (Lipinski definition) is 1. The fraction of sp³-hybridized carbons (Fsp3) is 0.200. The Kier molecular flexibility index (Phi) is 3.42. The van der Waals surface area contributed by atoms with E-state index in [-0.39, 0.29) is 10.6 Å². The molecule has 0 aliphatic carbocycles. The van der Waals surface area contributed by atoms with Gasteiger partial charge >= 0.3 is 6.18 Å². The van der Waals surface area contributed by atoms with E-state index >= 15 is 0 Å². The first-order valence-electron chi connectivity index (χ1n) is 4.11. The van der Waals surface area contributed by atoms with E-state index in [1.165, 1.54) is 18.2 Å². The van der Waals surface area contributed by atoms with E-state index in [2.05, 4.69) is 6.58 Å². The Morgan fingerprint density at radius 1 is 1.40 bits per heavy atom. The van der Waals surface area contributed by atoms with Crippen molar-refractivity contribution in [2.45, 2.75) is 12.2 Å². The summed E-state index contributed by atoms with van der Waals surface area (Å²) < 4.78 is 37.7. The van der Waals surface area contributed by atoms with E-state index in [0.29, 0.717) is 0 Å². The van der Waals surface area contributed by atoms with Crippen molar-refractivity contribution in [1.82, 2.24) is 0 Å². The van der Waals surface area contributed by atoms with Gasteiger partial charge in [0.05, 0.1) is 5.56 Å². The highest BCUT2D eigenvalue weighted by molar-refractivity contribution is 6.30. The van der Waals surface area contributed by atoms with Crippen LogP contribution in [0.15, 0.2) is 30.9 Å². The van der Waals surface area contributed by atoms with Gasteiger partial charge in [-0.15, -0.1) is 6.58 Å². The van der Waals surface area contributed by atoms with E-state index < -0.39 is 17.8 Å². The molecule has 82 valence electrons. The van der Waals surface area contributed by atoms with Crippen LogP contribution in [0.25, 0.3) is 0 Å². The molecule has 0 aliphatic rings. The second kappa shape index (κ2) is 4.24. The van der Waals surface area contributed by atoms with Gasteiger partial charge in [-0.3, -0.25) is 0 Å². The zero-order valence-electron chi connectivity index (χ0n) is 7.68. The van der Waals surface area contributed by atoms with E-state index in [0.717, 1.165) is 6.07 Å². The highest BCUT2D eigenvalue weighted by Crippen LogP contribution is 2.35. The Morgan fingerprint density at radius 3 is 2.47 bits per heavy atom. The Labute approximate surface area is 90.3 Å². The third kappa shape index (κ3) is 2.73. The molecule has 15 heavy (non-hydrogen) atoms. The third-order valence-corrected chi connectivity index (χ3v) is 2.17. The average molecular weight is 236 g/mol. The van der Waals surface area contributed by atoms with Gasteiger partial charge in [-0.2, -0.15) is 13.2 Å².